The summed E-state index contributed by atoms with van der Waals surface area (Å²) in [5, 5.41) is 6.92. The minimum Gasteiger partial charge on any atom is -0.497 e. The highest BCUT2D eigenvalue weighted by atomic mass is 35.5. The topological polar surface area (TPSA) is 76.7 Å². The maximum Gasteiger partial charge on any atom is 0.379 e. The fourth-order valence-electron chi connectivity index (χ4n) is 2.90. The van der Waals surface area contributed by atoms with Crippen molar-refractivity contribution in [3.8, 4) is 5.75 Å². The number of hydrogen-bond donors (Lipinski definition) is 2. The third-order valence-corrected chi connectivity index (χ3v) is 4.74. The van der Waals surface area contributed by atoms with Crippen molar-refractivity contribution in [3.05, 3.63) is 70.3 Å². The van der Waals surface area contributed by atoms with Crippen LogP contribution in [0.2, 0.25) is 5.02 Å². The summed E-state index contributed by atoms with van der Waals surface area (Å²) in [6, 6.07) is 13.4. The molecule has 28 heavy (non-hydrogen) atoms. The first-order valence-corrected chi connectivity index (χ1v) is 9.07. The van der Waals surface area contributed by atoms with Gasteiger partial charge in [0.05, 0.1) is 31.5 Å². The molecule has 1 atom stereocenters. The van der Waals surface area contributed by atoms with Crippen LogP contribution >= 0.6 is 23.8 Å². The molecule has 0 saturated heterocycles. The van der Waals surface area contributed by atoms with Crippen LogP contribution in [0.15, 0.2) is 54.1 Å². The maximum absolute atomic E-state index is 12.9. The normalized spacial score (nSPS) is 16.1. The molecule has 0 aliphatic carbocycles. The molecule has 1 heterocycles. The highest BCUT2D eigenvalue weighted by Crippen LogP contribution is 2.33. The minimum atomic E-state index is -0.962. The molecule has 3 rings (SSSR count). The third-order valence-electron chi connectivity index (χ3n) is 4.27. The number of rotatable bonds is 5. The Balaban J connectivity index is 2.18. The van der Waals surface area contributed by atoms with Crippen molar-refractivity contribution >= 4 is 46.4 Å². The maximum atomic E-state index is 12.9. The first-order chi connectivity index (χ1) is 13.4. The second-order valence-electron chi connectivity index (χ2n) is 5.92. The van der Waals surface area contributed by atoms with E-state index in [9.17, 15) is 9.59 Å². The summed E-state index contributed by atoms with van der Waals surface area (Å²) < 4.78 is 9.85. The van der Waals surface area contributed by atoms with Gasteiger partial charge in [0.25, 0.3) is 5.78 Å². The van der Waals surface area contributed by atoms with Crippen LogP contribution in [-0.4, -0.2) is 31.1 Å². The lowest BCUT2D eigenvalue weighted by molar-refractivity contribution is -0.150. The van der Waals surface area contributed by atoms with E-state index in [0.29, 0.717) is 27.1 Å². The van der Waals surface area contributed by atoms with Gasteiger partial charge in [-0.15, -0.1) is 0 Å². The predicted molar refractivity (Wildman–Crippen MR) is 110 cm³/mol. The van der Waals surface area contributed by atoms with E-state index in [0.717, 1.165) is 5.56 Å². The van der Waals surface area contributed by atoms with Gasteiger partial charge >= 0.3 is 5.97 Å². The molecule has 2 N–H and O–H groups in total. The molecular formula is C20H17ClN2O4S. The molecule has 0 aromatic heterocycles. The van der Waals surface area contributed by atoms with Crippen LogP contribution in [0.5, 0.6) is 5.75 Å². The standard InChI is InChI=1S/C20H17ClN2O4S/c1-26-14-9-5-12(6-10-14)17-15(18(24)19(25)27-2)16(22-20(28)23-17)11-3-7-13(21)8-4-11/h3-10,17H,1-2H3,(H2,22,23,28). The van der Waals surface area contributed by atoms with Crippen molar-refractivity contribution in [2.75, 3.05) is 14.2 Å². The van der Waals surface area contributed by atoms with Crippen LogP contribution < -0.4 is 15.4 Å². The molecule has 0 saturated carbocycles. The van der Waals surface area contributed by atoms with Gasteiger partial charge in [0.2, 0.25) is 0 Å². The number of nitrogens with one attached hydrogen (secondary N) is 2. The van der Waals surface area contributed by atoms with Crippen molar-refractivity contribution in [2.45, 2.75) is 6.04 Å². The highest BCUT2D eigenvalue weighted by molar-refractivity contribution is 7.80. The van der Waals surface area contributed by atoms with E-state index in [-0.39, 0.29) is 5.57 Å². The fraction of sp³-hybridized carbons (Fsp3) is 0.150. The fourth-order valence-corrected chi connectivity index (χ4v) is 3.25. The van der Waals surface area contributed by atoms with Gasteiger partial charge in [-0.05, 0) is 47.6 Å². The highest BCUT2D eigenvalue weighted by Gasteiger charge is 2.35. The minimum absolute atomic E-state index is 0.202. The molecule has 1 aliphatic heterocycles. The van der Waals surface area contributed by atoms with Crippen LogP contribution in [0.3, 0.4) is 0 Å². The SMILES string of the molecule is COC(=O)C(=O)C1=C(c2ccc(Cl)cc2)NC(=S)NC1c1ccc(OC)cc1. The molecule has 1 aliphatic rings. The number of ether oxygens (including phenoxy) is 2. The average Bonchev–Trinajstić information content (AvgIpc) is 2.72. The van der Waals surface area contributed by atoms with Crippen LogP contribution in [0.4, 0.5) is 0 Å². The molecule has 2 aromatic carbocycles. The summed E-state index contributed by atoms with van der Waals surface area (Å²) in [4.78, 5) is 25.0. The van der Waals surface area contributed by atoms with Crippen molar-refractivity contribution < 1.29 is 19.1 Å². The Bertz CT molecular complexity index is 955. The van der Waals surface area contributed by atoms with E-state index >= 15 is 0 Å². The van der Waals surface area contributed by atoms with Gasteiger partial charge < -0.3 is 20.1 Å². The van der Waals surface area contributed by atoms with Crippen LogP contribution in [0.25, 0.3) is 5.70 Å². The molecule has 0 bridgehead atoms. The number of hydrogen-bond acceptors (Lipinski definition) is 5. The van der Waals surface area contributed by atoms with Crippen LogP contribution in [0, 0.1) is 0 Å². The Morgan fingerprint density at radius 3 is 2.25 bits per heavy atom. The van der Waals surface area contributed by atoms with Crippen molar-refractivity contribution in [2.24, 2.45) is 0 Å². The Kier molecular flexibility index (Phi) is 5.96. The van der Waals surface area contributed by atoms with Gasteiger partial charge in [0.15, 0.2) is 5.11 Å². The number of halogens is 1. The number of thiocarbonyl (C=S) groups is 1. The summed E-state index contributed by atoms with van der Waals surface area (Å²) in [6.07, 6.45) is 0. The number of Topliss-reactive ketones (excluding diaryl/α,β-unsaturated/α-hetero) is 1. The Hall–Kier alpha value is -2.90. The molecular weight excluding hydrogens is 400 g/mol. The van der Waals surface area contributed by atoms with Gasteiger partial charge in [0, 0.05) is 5.02 Å². The number of methoxy groups -OCH3 is 2. The summed E-state index contributed by atoms with van der Waals surface area (Å²) in [5.41, 5.74) is 2.03. The molecule has 144 valence electrons. The molecule has 8 heteroatoms. The van der Waals surface area contributed by atoms with E-state index in [2.05, 4.69) is 15.4 Å². The van der Waals surface area contributed by atoms with Gasteiger partial charge in [-0.1, -0.05) is 35.9 Å². The van der Waals surface area contributed by atoms with Crippen molar-refractivity contribution in [1.29, 1.82) is 0 Å². The monoisotopic (exact) mass is 416 g/mol. The summed E-state index contributed by atoms with van der Waals surface area (Å²) >= 11 is 11.3. The zero-order valence-corrected chi connectivity index (χ0v) is 16.7. The largest absolute Gasteiger partial charge is 0.497 e. The summed E-state index contributed by atoms with van der Waals surface area (Å²) in [7, 11) is 2.73. The second-order valence-corrected chi connectivity index (χ2v) is 6.77. The molecule has 1 unspecified atom stereocenters. The smallest absolute Gasteiger partial charge is 0.379 e. The van der Waals surface area contributed by atoms with Gasteiger partial charge in [-0.25, -0.2) is 4.79 Å². The predicted octanol–water partition coefficient (Wildman–Crippen LogP) is 3.02. The number of ketones is 1. The molecule has 0 amide bonds. The van der Waals surface area contributed by atoms with E-state index in [1.54, 1.807) is 55.6 Å². The Labute approximate surface area is 172 Å². The number of esters is 1. The number of carbonyl (C=O) groups excluding carboxylic acids is 2. The lowest BCUT2D eigenvalue weighted by Gasteiger charge is -2.31. The van der Waals surface area contributed by atoms with E-state index in [4.69, 9.17) is 28.6 Å². The average molecular weight is 417 g/mol. The Morgan fingerprint density at radius 1 is 1.04 bits per heavy atom. The first kappa shape index (κ1) is 19.9. The molecule has 0 fully saturated rings. The van der Waals surface area contributed by atoms with Crippen LogP contribution in [0.1, 0.15) is 17.2 Å². The molecule has 0 spiro atoms. The zero-order valence-electron chi connectivity index (χ0n) is 15.1. The Morgan fingerprint density at radius 2 is 1.68 bits per heavy atom. The third kappa shape index (κ3) is 4.00. The van der Waals surface area contributed by atoms with Crippen molar-refractivity contribution in [3.63, 3.8) is 0 Å². The zero-order chi connectivity index (χ0) is 20.3. The van der Waals surface area contributed by atoms with Crippen molar-refractivity contribution in [1.82, 2.24) is 10.6 Å². The first-order valence-electron chi connectivity index (χ1n) is 8.28. The number of carbonyl (C=O) groups is 2. The lowest BCUT2D eigenvalue weighted by Crippen LogP contribution is -2.46. The lowest BCUT2D eigenvalue weighted by atomic mass is 9.90. The quantitative estimate of drug-likeness (QED) is 0.440. The van der Waals surface area contributed by atoms with E-state index in [1.807, 2.05) is 0 Å². The number of benzene rings is 2. The second kappa shape index (κ2) is 8.41. The van der Waals surface area contributed by atoms with E-state index in [1.165, 1.54) is 7.11 Å². The van der Waals surface area contributed by atoms with Crippen LogP contribution in [-0.2, 0) is 14.3 Å². The van der Waals surface area contributed by atoms with Gasteiger partial charge in [0.1, 0.15) is 5.75 Å². The molecule has 6 nitrogen and oxygen atoms in total. The molecule has 2 aromatic rings. The molecule has 0 radical (unpaired) electrons. The van der Waals surface area contributed by atoms with E-state index < -0.39 is 17.8 Å². The van der Waals surface area contributed by atoms with Gasteiger partial charge in [-0.2, -0.15) is 0 Å². The van der Waals surface area contributed by atoms with Gasteiger partial charge in [-0.3, -0.25) is 4.79 Å². The summed E-state index contributed by atoms with van der Waals surface area (Å²) in [5.74, 6) is -1.06. The summed E-state index contributed by atoms with van der Waals surface area (Å²) in [6.45, 7) is 0.